The second-order valence-electron chi connectivity index (χ2n) is 5.46. The molecule has 112 valence electrons. The molecule has 0 aromatic carbocycles. The second-order valence-corrected chi connectivity index (χ2v) is 7.20. The molecule has 5 N–H and O–H groups in total. The number of nitrogens with two attached hydrogens (primary N) is 2. The van der Waals surface area contributed by atoms with Crippen LogP contribution in [0.1, 0.15) is 27.2 Å². The number of hydrogen-bond acceptors (Lipinski definition) is 5. The number of carbonyl (C=O) groups is 1. The first kappa shape index (κ1) is 16.4. The minimum absolute atomic E-state index is 0.0357. The zero-order valence-corrected chi connectivity index (χ0v) is 12.4. The van der Waals surface area contributed by atoms with Crippen molar-refractivity contribution in [2.24, 2.45) is 16.3 Å². The molecule has 1 aliphatic rings. The van der Waals surface area contributed by atoms with E-state index in [0.717, 1.165) is 0 Å². The lowest BCUT2D eigenvalue weighted by Crippen LogP contribution is -2.75. The summed E-state index contributed by atoms with van der Waals surface area (Å²) in [6.45, 7) is 6.16. The average Bonchev–Trinajstić information content (AvgIpc) is 2.26. The molecule has 0 aliphatic heterocycles. The van der Waals surface area contributed by atoms with Crippen LogP contribution in [0.5, 0.6) is 0 Å². The lowest BCUT2D eigenvalue weighted by atomic mass is 9.54. The van der Waals surface area contributed by atoms with Crippen molar-refractivity contribution in [2.75, 3.05) is 18.9 Å². The highest BCUT2D eigenvalue weighted by Crippen LogP contribution is 2.49. The minimum Gasteiger partial charge on any atom is -0.378 e. The molecule has 0 aromatic rings. The Balaban J connectivity index is 2.58. The number of ether oxygens (including phenoxy) is 1. The van der Waals surface area contributed by atoms with Gasteiger partial charge < -0.3 is 15.8 Å². The molecule has 1 saturated carbocycles. The summed E-state index contributed by atoms with van der Waals surface area (Å²) >= 11 is 0. The Morgan fingerprint density at radius 3 is 2.47 bits per heavy atom. The van der Waals surface area contributed by atoms with Crippen LogP contribution in [0, 0.1) is 5.41 Å². The number of amides is 1. The van der Waals surface area contributed by atoms with Crippen molar-refractivity contribution >= 4 is 15.9 Å². The van der Waals surface area contributed by atoms with Gasteiger partial charge in [0.15, 0.2) is 0 Å². The molecular weight excluding hydrogens is 270 g/mol. The van der Waals surface area contributed by atoms with Crippen molar-refractivity contribution in [2.45, 2.75) is 38.8 Å². The quantitative estimate of drug-likeness (QED) is 0.575. The Morgan fingerprint density at radius 1 is 1.47 bits per heavy atom. The van der Waals surface area contributed by atoms with Gasteiger partial charge >= 0.3 is 0 Å². The van der Waals surface area contributed by atoms with E-state index in [1.165, 1.54) is 0 Å². The summed E-state index contributed by atoms with van der Waals surface area (Å²) in [4.78, 5) is 12.1. The number of hydrogen-bond donors (Lipinski definition) is 3. The molecule has 0 heterocycles. The van der Waals surface area contributed by atoms with Gasteiger partial charge in [0.25, 0.3) is 0 Å². The molecule has 2 atom stereocenters. The third-order valence-corrected chi connectivity index (χ3v) is 4.68. The predicted octanol–water partition coefficient (Wildman–Crippen LogP) is -1.08. The Hall–Kier alpha value is -0.700. The van der Waals surface area contributed by atoms with Gasteiger partial charge in [-0.05, 0) is 6.92 Å². The van der Waals surface area contributed by atoms with Gasteiger partial charge in [-0.1, -0.05) is 13.8 Å². The van der Waals surface area contributed by atoms with E-state index in [1.807, 2.05) is 20.8 Å². The van der Waals surface area contributed by atoms with Gasteiger partial charge in [-0.15, -0.1) is 0 Å². The molecular formula is C11H23N3O4S. The largest absolute Gasteiger partial charge is 0.378 e. The maximum absolute atomic E-state index is 12.1. The summed E-state index contributed by atoms with van der Waals surface area (Å²) in [5.41, 5.74) is 4.59. The third kappa shape index (κ3) is 3.25. The highest BCUT2D eigenvalue weighted by Gasteiger charge is 2.62. The maximum Gasteiger partial charge on any atom is 0.240 e. The van der Waals surface area contributed by atoms with Crippen LogP contribution in [-0.4, -0.2) is 44.9 Å². The SMILES string of the molecule is CCOC1CC(N)(C(=O)NCCS(N)(=O)=O)C1(C)C. The summed E-state index contributed by atoms with van der Waals surface area (Å²) in [5, 5.41) is 7.38. The number of nitrogens with one attached hydrogen (secondary N) is 1. The van der Waals surface area contributed by atoms with E-state index >= 15 is 0 Å². The highest BCUT2D eigenvalue weighted by atomic mass is 32.2. The standard InChI is InChI=1S/C11H23N3O4S/c1-4-18-8-7-11(12,10(8,2)3)9(15)14-5-6-19(13,16)17/h8H,4-7,12H2,1-3H3,(H,14,15)(H2,13,16,17). The lowest BCUT2D eigenvalue weighted by molar-refractivity contribution is -0.170. The zero-order chi connectivity index (χ0) is 14.9. The first-order chi connectivity index (χ1) is 8.54. The summed E-state index contributed by atoms with van der Waals surface area (Å²) in [6, 6.07) is 0. The van der Waals surface area contributed by atoms with E-state index in [4.69, 9.17) is 15.6 Å². The monoisotopic (exact) mass is 293 g/mol. The van der Waals surface area contributed by atoms with Crippen LogP contribution in [0.2, 0.25) is 0 Å². The Bertz CT molecular complexity index is 449. The molecule has 1 rings (SSSR count). The van der Waals surface area contributed by atoms with E-state index in [2.05, 4.69) is 5.32 Å². The molecule has 0 saturated heterocycles. The fourth-order valence-electron chi connectivity index (χ4n) is 2.29. The molecule has 0 aromatic heterocycles. The highest BCUT2D eigenvalue weighted by molar-refractivity contribution is 7.89. The predicted molar refractivity (Wildman–Crippen MR) is 71.7 cm³/mol. The summed E-state index contributed by atoms with van der Waals surface area (Å²) in [5.74, 6) is -0.665. The van der Waals surface area contributed by atoms with Crippen molar-refractivity contribution in [3.8, 4) is 0 Å². The van der Waals surface area contributed by atoms with E-state index in [0.29, 0.717) is 13.0 Å². The number of sulfonamides is 1. The lowest BCUT2D eigenvalue weighted by Gasteiger charge is -2.57. The molecule has 2 unspecified atom stereocenters. The number of primary sulfonamides is 1. The van der Waals surface area contributed by atoms with Gasteiger partial charge in [0.2, 0.25) is 15.9 Å². The van der Waals surface area contributed by atoms with Gasteiger partial charge in [0.05, 0.1) is 11.9 Å². The van der Waals surface area contributed by atoms with Crippen LogP contribution in [0.3, 0.4) is 0 Å². The van der Waals surface area contributed by atoms with Crippen LogP contribution in [0.4, 0.5) is 0 Å². The van der Waals surface area contributed by atoms with Crippen molar-refractivity contribution in [3.63, 3.8) is 0 Å². The normalized spacial score (nSPS) is 29.6. The van der Waals surface area contributed by atoms with Gasteiger partial charge in [0, 0.05) is 25.0 Å². The van der Waals surface area contributed by atoms with Crippen molar-refractivity contribution < 1.29 is 17.9 Å². The first-order valence-corrected chi connectivity index (χ1v) is 7.95. The van der Waals surface area contributed by atoms with Gasteiger partial charge in [-0.2, -0.15) is 0 Å². The van der Waals surface area contributed by atoms with Crippen LogP contribution in [-0.2, 0) is 19.6 Å². The average molecular weight is 293 g/mol. The molecule has 8 heteroatoms. The van der Waals surface area contributed by atoms with Crippen LogP contribution < -0.4 is 16.2 Å². The molecule has 1 amide bonds. The first-order valence-electron chi connectivity index (χ1n) is 6.24. The van der Waals surface area contributed by atoms with E-state index in [9.17, 15) is 13.2 Å². The molecule has 0 radical (unpaired) electrons. The Kier molecular flexibility index (Phi) is 4.61. The van der Waals surface area contributed by atoms with Crippen LogP contribution in [0.25, 0.3) is 0 Å². The van der Waals surface area contributed by atoms with Gasteiger partial charge in [-0.3, -0.25) is 4.79 Å². The molecule has 7 nitrogen and oxygen atoms in total. The smallest absolute Gasteiger partial charge is 0.240 e. The summed E-state index contributed by atoms with van der Waals surface area (Å²) < 4.78 is 27.1. The fraction of sp³-hybridized carbons (Fsp3) is 0.909. The van der Waals surface area contributed by atoms with Crippen molar-refractivity contribution in [3.05, 3.63) is 0 Å². The van der Waals surface area contributed by atoms with Gasteiger partial charge in [0.1, 0.15) is 5.54 Å². The van der Waals surface area contributed by atoms with Crippen molar-refractivity contribution in [1.82, 2.24) is 5.32 Å². The van der Waals surface area contributed by atoms with E-state index in [1.54, 1.807) is 0 Å². The van der Waals surface area contributed by atoms with Crippen molar-refractivity contribution in [1.29, 1.82) is 0 Å². The summed E-state index contributed by atoms with van der Waals surface area (Å²) in [7, 11) is -3.58. The van der Waals surface area contributed by atoms with E-state index in [-0.39, 0.29) is 24.3 Å². The Morgan fingerprint density at radius 2 is 2.05 bits per heavy atom. The molecule has 19 heavy (non-hydrogen) atoms. The number of rotatable bonds is 6. The third-order valence-electron chi connectivity index (χ3n) is 3.91. The summed E-state index contributed by atoms with van der Waals surface area (Å²) in [6.07, 6.45) is 0.362. The fourth-order valence-corrected chi connectivity index (χ4v) is 2.67. The molecule has 0 bridgehead atoms. The topological polar surface area (TPSA) is 125 Å². The number of carbonyl (C=O) groups excluding carboxylic acids is 1. The zero-order valence-electron chi connectivity index (χ0n) is 11.6. The van der Waals surface area contributed by atoms with E-state index < -0.39 is 21.0 Å². The van der Waals surface area contributed by atoms with Gasteiger partial charge in [-0.25, -0.2) is 13.6 Å². The molecule has 1 fully saturated rings. The van der Waals surface area contributed by atoms with Crippen LogP contribution >= 0.6 is 0 Å². The van der Waals surface area contributed by atoms with Crippen LogP contribution in [0.15, 0.2) is 0 Å². The second kappa shape index (κ2) is 5.35. The minimum atomic E-state index is -3.58. The molecule has 1 aliphatic carbocycles. The maximum atomic E-state index is 12.1. The Labute approximate surface area is 114 Å². The molecule has 0 spiro atoms.